The lowest BCUT2D eigenvalue weighted by molar-refractivity contribution is 0.0659. The Kier molecular flexibility index (Phi) is 4.41. The predicted octanol–water partition coefficient (Wildman–Crippen LogP) is 0.246. The lowest BCUT2D eigenvalue weighted by atomic mass is 10.3. The van der Waals surface area contributed by atoms with Gasteiger partial charge in [0.2, 0.25) is 5.76 Å². The van der Waals surface area contributed by atoms with Crippen molar-refractivity contribution in [1.29, 1.82) is 0 Å². The Morgan fingerprint density at radius 2 is 1.84 bits per heavy atom. The number of carbonyl (C=O) groups is 1. The van der Waals surface area contributed by atoms with Gasteiger partial charge in [0, 0.05) is 11.8 Å². The number of aryl methyl sites for hydroxylation is 1. The summed E-state index contributed by atoms with van der Waals surface area (Å²) in [6, 6.07) is 1.32. The van der Waals surface area contributed by atoms with E-state index in [9.17, 15) is 21.6 Å². The van der Waals surface area contributed by atoms with Crippen molar-refractivity contribution in [1.82, 2.24) is 0 Å². The van der Waals surface area contributed by atoms with Crippen LogP contribution in [0.4, 0.5) is 0 Å². The first kappa shape index (κ1) is 15.7. The Labute approximate surface area is 111 Å². The second kappa shape index (κ2) is 5.33. The number of carboxylic acids is 1. The van der Waals surface area contributed by atoms with Crippen LogP contribution in [0, 0.1) is 6.92 Å². The molecule has 1 aromatic heterocycles. The SMILES string of the molecule is Cc1cc(CS(=O)(=O)CCS(C)(=O)=O)oc1C(=O)O. The van der Waals surface area contributed by atoms with Crippen LogP contribution in [0.25, 0.3) is 0 Å². The molecule has 1 N–H and O–H groups in total. The van der Waals surface area contributed by atoms with Crippen LogP contribution >= 0.6 is 0 Å². The van der Waals surface area contributed by atoms with E-state index in [1.165, 1.54) is 13.0 Å². The van der Waals surface area contributed by atoms with E-state index in [1.807, 2.05) is 0 Å². The zero-order valence-electron chi connectivity index (χ0n) is 10.4. The van der Waals surface area contributed by atoms with Gasteiger partial charge in [-0.1, -0.05) is 0 Å². The number of sulfone groups is 2. The lowest BCUT2D eigenvalue weighted by Gasteiger charge is -2.01. The molecule has 0 aliphatic carbocycles. The summed E-state index contributed by atoms with van der Waals surface area (Å²) in [4.78, 5) is 10.7. The van der Waals surface area contributed by atoms with E-state index >= 15 is 0 Å². The first-order valence-corrected chi connectivity index (χ1v) is 9.09. The number of furan rings is 1. The summed E-state index contributed by atoms with van der Waals surface area (Å²) >= 11 is 0. The largest absolute Gasteiger partial charge is 0.475 e. The second-order valence-corrected chi connectivity index (χ2v) is 8.70. The summed E-state index contributed by atoms with van der Waals surface area (Å²) < 4.78 is 50.1. The smallest absolute Gasteiger partial charge is 0.372 e. The number of rotatable bonds is 6. The fraction of sp³-hybridized carbons (Fsp3) is 0.500. The Hall–Kier alpha value is -1.35. The second-order valence-electron chi connectivity index (χ2n) is 4.25. The van der Waals surface area contributed by atoms with Crippen LogP contribution in [0.1, 0.15) is 21.9 Å². The number of aromatic carboxylic acids is 1. The molecule has 0 aliphatic rings. The Morgan fingerprint density at radius 1 is 1.26 bits per heavy atom. The zero-order valence-corrected chi connectivity index (χ0v) is 12.0. The summed E-state index contributed by atoms with van der Waals surface area (Å²) in [5, 5.41) is 8.76. The molecule has 0 atom stereocenters. The number of carboxylic acid groups (broad SMARTS) is 1. The van der Waals surface area contributed by atoms with Crippen molar-refractivity contribution in [2.45, 2.75) is 12.7 Å². The molecule has 0 unspecified atom stereocenters. The van der Waals surface area contributed by atoms with E-state index in [4.69, 9.17) is 9.52 Å². The van der Waals surface area contributed by atoms with E-state index < -0.39 is 42.9 Å². The highest BCUT2D eigenvalue weighted by atomic mass is 32.2. The van der Waals surface area contributed by atoms with Gasteiger partial charge < -0.3 is 9.52 Å². The predicted molar refractivity (Wildman–Crippen MR) is 67.6 cm³/mol. The van der Waals surface area contributed by atoms with Gasteiger partial charge >= 0.3 is 5.97 Å². The summed E-state index contributed by atoms with van der Waals surface area (Å²) in [7, 11) is -7.03. The molecule has 0 amide bonds. The molecular weight excluding hydrogens is 296 g/mol. The van der Waals surface area contributed by atoms with Gasteiger partial charge in [-0.2, -0.15) is 0 Å². The maximum Gasteiger partial charge on any atom is 0.372 e. The Morgan fingerprint density at radius 3 is 2.26 bits per heavy atom. The van der Waals surface area contributed by atoms with Gasteiger partial charge in [-0.05, 0) is 13.0 Å². The highest BCUT2D eigenvalue weighted by Crippen LogP contribution is 2.17. The minimum absolute atomic E-state index is 0.0107. The number of hydrogen-bond acceptors (Lipinski definition) is 6. The fourth-order valence-corrected chi connectivity index (χ4v) is 4.35. The van der Waals surface area contributed by atoms with Crippen LogP contribution in [-0.2, 0) is 25.4 Å². The molecule has 0 spiro atoms. The van der Waals surface area contributed by atoms with Gasteiger partial charge in [-0.15, -0.1) is 0 Å². The molecule has 7 nitrogen and oxygen atoms in total. The van der Waals surface area contributed by atoms with Crippen LogP contribution in [0.2, 0.25) is 0 Å². The third kappa shape index (κ3) is 5.03. The maximum absolute atomic E-state index is 11.7. The quantitative estimate of drug-likeness (QED) is 0.799. The molecule has 1 heterocycles. The van der Waals surface area contributed by atoms with Crippen LogP contribution < -0.4 is 0 Å². The van der Waals surface area contributed by atoms with Crippen molar-refractivity contribution in [3.63, 3.8) is 0 Å². The average Bonchev–Trinajstić information content (AvgIpc) is 2.55. The summed E-state index contributed by atoms with van der Waals surface area (Å²) in [6.07, 6.45) is 0.947. The lowest BCUT2D eigenvalue weighted by Crippen LogP contribution is -2.17. The molecule has 0 aliphatic heterocycles. The van der Waals surface area contributed by atoms with Gasteiger partial charge in [0.05, 0.1) is 11.5 Å². The van der Waals surface area contributed by atoms with Gasteiger partial charge in [-0.25, -0.2) is 21.6 Å². The summed E-state index contributed by atoms with van der Waals surface area (Å²) in [6.45, 7) is 1.49. The molecule has 0 fully saturated rings. The van der Waals surface area contributed by atoms with Crippen molar-refractivity contribution in [3.8, 4) is 0 Å². The molecule has 1 aromatic rings. The molecule has 0 bridgehead atoms. The average molecular weight is 310 g/mol. The topological polar surface area (TPSA) is 119 Å². The maximum atomic E-state index is 11.7. The van der Waals surface area contributed by atoms with E-state index in [0.29, 0.717) is 5.56 Å². The van der Waals surface area contributed by atoms with Crippen molar-refractivity contribution in [2.75, 3.05) is 17.8 Å². The summed E-state index contributed by atoms with van der Waals surface area (Å²) in [5.41, 5.74) is 0.320. The van der Waals surface area contributed by atoms with Crippen LogP contribution in [-0.4, -0.2) is 45.7 Å². The Bertz CT molecular complexity index is 679. The summed E-state index contributed by atoms with van der Waals surface area (Å²) in [5.74, 6) is -3.11. The molecule has 0 aromatic carbocycles. The molecule has 0 saturated carbocycles. The van der Waals surface area contributed by atoms with E-state index in [2.05, 4.69) is 0 Å². The van der Waals surface area contributed by atoms with E-state index in [1.54, 1.807) is 0 Å². The molecule has 108 valence electrons. The minimum Gasteiger partial charge on any atom is -0.475 e. The Balaban J connectivity index is 2.84. The first-order chi connectivity index (χ1) is 8.50. The van der Waals surface area contributed by atoms with E-state index in [-0.39, 0.29) is 11.5 Å². The van der Waals surface area contributed by atoms with Crippen molar-refractivity contribution in [2.24, 2.45) is 0 Å². The first-order valence-electron chi connectivity index (χ1n) is 5.21. The van der Waals surface area contributed by atoms with E-state index in [0.717, 1.165) is 6.26 Å². The zero-order chi connectivity index (χ0) is 14.8. The monoisotopic (exact) mass is 310 g/mol. The van der Waals surface area contributed by atoms with Crippen LogP contribution in [0.15, 0.2) is 10.5 Å². The molecule has 9 heteroatoms. The van der Waals surface area contributed by atoms with Crippen molar-refractivity contribution >= 4 is 25.6 Å². The fourth-order valence-electron chi connectivity index (χ4n) is 1.40. The third-order valence-corrected chi connectivity index (χ3v) is 5.04. The van der Waals surface area contributed by atoms with Gasteiger partial charge in [-0.3, -0.25) is 0 Å². The third-order valence-electron chi connectivity index (χ3n) is 2.29. The molecule has 19 heavy (non-hydrogen) atoms. The highest BCUT2D eigenvalue weighted by Gasteiger charge is 2.20. The highest BCUT2D eigenvalue weighted by molar-refractivity contribution is 7.94. The van der Waals surface area contributed by atoms with Gasteiger partial charge in [0.25, 0.3) is 0 Å². The molecule has 0 saturated heterocycles. The number of hydrogen-bond donors (Lipinski definition) is 1. The standard InChI is InChI=1S/C10H14O7S2/c1-7-5-8(17-9(7)10(11)12)6-19(15,16)4-3-18(2,13)14/h5H,3-4,6H2,1-2H3,(H,11,12). The van der Waals surface area contributed by atoms with Gasteiger partial charge in [0.15, 0.2) is 9.84 Å². The van der Waals surface area contributed by atoms with Crippen molar-refractivity contribution < 1.29 is 31.2 Å². The molecule has 0 radical (unpaired) electrons. The minimum atomic E-state index is -3.66. The van der Waals surface area contributed by atoms with Crippen LogP contribution in [0.3, 0.4) is 0 Å². The molecule has 1 rings (SSSR count). The van der Waals surface area contributed by atoms with Crippen LogP contribution in [0.5, 0.6) is 0 Å². The van der Waals surface area contributed by atoms with Crippen molar-refractivity contribution in [3.05, 3.63) is 23.2 Å². The normalized spacial score (nSPS) is 12.5. The molecular formula is C10H14O7S2. The van der Waals surface area contributed by atoms with Gasteiger partial charge in [0.1, 0.15) is 21.4 Å².